The van der Waals surface area contributed by atoms with Gasteiger partial charge in [-0.1, -0.05) is 54.1 Å². The van der Waals surface area contributed by atoms with Crippen LogP contribution in [0.4, 0.5) is 0 Å². The van der Waals surface area contributed by atoms with Crippen molar-refractivity contribution < 1.29 is 14.2 Å². The standard InChI is InChI=1S/C30H32N2O3S/c1-23-3-5-24(6-4-23)15-16-30(21-32-18-17-31-22-32)34-19-28(35-30)20-36-29-13-9-26(10-14-29)25-7-11-27(33-2)12-8-25/h3-14,17-18,22,28H,15-16,19-21H2,1-2H3. The van der Waals surface area contributed by atoms with E-state index in [-0.39, 0.29) is 6.10 Å². The maximum atomic E-state index is 6.60. The van der Waals surface area contributed by atoms with Crippen LogP contribution in [0, 0.1) is 6.92 Å². The van der Waals surface area contributed by atoms with Crippen molar-refractivity contribution >= 4 is 11.8 Å². The maximum Gasteiger partial charge on any atom is 0.187 e. The Morgan fingerprint density at radius 3 is 2.39 bits per heavy atom. The zero-order valence-corrected chi connectivity index (χ0v) is 21.6. The number of aryl methyl sites for hydroxylation is 2. The lowest BCUT2D eigenvalue weighted by Crippen LogP contribution is -2.37. The summed E-state index contributed by atoms with van der Waals surface area (Å²) in [5.74, 6) is 1.07. The van der Waals surface area contributed by atoms with Gasteiger partial charge in [0, 0.05) is 29.5 Å². The van der Waals surface area contributed by atoms with E-state index in [1.54, 1.807) is 13.3 Å². The van der Waals surface area contributed by atoms with Crippen molar-refractivity contribution in [2.75, 3.05) is 19.5 Å². The van der Waals surface area contributed by atoms with Crippen LogP contribution < -0.4 is 4.74 Å². The number of methoxy groups -OCH3 is 1. The molecule has 6 heteroatoms. The molecule has 0 N–H and O–H groups in total. The second-order valence-electron chi connectivity index (χ2n) is 9.25. The molecule has 1 fully saturated rings. The van der Waals surface area contributed by atoms with Crippen LogP contribution >= 0.6 is 11.8 Å². The molecular formula is C30H32N2O3S. The summed E-state index contributed by atoms with van der Waals surface area (Å²) < 4.78 is 20.3. The summed E-state index contributed by atoms with van der Waals surface area (Å²) in [7, 11) is 1.69. The molecule has 1 aliphatic heterocycles. The largest absolute Gasteiger partial charge is 0.497 e. The van der Waals surface area contributed by atoms with Gasteiger partial charge in [0.05, 0.1) is 32.7 Å². The van der Waals surface area contributed by atoms with Crippen molar-refractivity contribution in [3.05, 3.63) is 103 Å². The molecule has 0 spiro atoms. The highest BCUT2D eigenvalue weighted by molar-refractivity contribution is 7.99. The number of thioether (sulfide) groups is 1. The minimum absolute atomic E-state index is 0.0396. The molecule has 0 aliphatic carbocycles. The zero-order valence-electron chi connectivity index (χ0n) is 20.8. The Labute approximate surface area is 217 Å². The minimum Gasteiger partial charge on any atom is -0.497 e. The predicted octanol–water partition coefficient (Wildman–Crippen LogP) is 6.40. The van der Waals surface area contributed by atoms with Crippen LogP contribution in [0.25, 0.3) is 11.1 Å². The van der Waals surface area contributed by atoms with Crippen molar-refractivity contribution in [2.45, 2.75) is 43.1 Å². The highest BCUT2D eigenvalue weighted by Crippen LogP contribution is 2.34. The molecule has 2 unspecified atom stereocenters. The fraction of sp³-hybridized carbons (Fsp3) is 0.300. The second kappa shape index (κ2) is 11.3. The van der Waals surface area contributed by atoms with Crippen LogP contribution in [0.3, 0.4) is 0 Å². The minimum atomic E-state index is -0.644. The fourth-order valence-electron chi connectivity index (χ4n) is 4.46. The normalized spacial score (nSPS) is 19.4. The zero-order chi connectivity index (χ0) is 24.8. The average molecular weight is 501 g/mol. The molecule has 1 aromatic heterocycles. The van der Waals surface area contributed by atoms with Gasteiger partial charge in [-0.15, -0.1) is 11.8 Å². The Kier molecular flexibility index (Phi) is 7.75. The molecular weight excluding hydrogens is 468 g/mol. The van der Waals surface area contributed by atoms with E-state index in [0.29, 0.717) is 13.2 Å². The lowest BCUT2D eigenvalue weighted by atomic mass is 10.0. The maximum absolute atomic E-state index is 6.60. The van der Waals surface area contributed by atoms with E-state index in [4.69, 9.17) is 14.2 Å². The van der Waals surface area contributed by atoms with Crippen molar-refractivity contribution in [1.29, 1.82) is 0 Å². The summed E-state index contributed by atoms with van der Waals surface area (Å²) in [5.41, 5.74) is 4.94. The molecule has 0 saturated carbocycles. The Morgan fingerprint density at radius 2 is 1.72 bits per heavy atom. The smallest absolute Gasteiger partial charge is 0.187 e. The Bertz CT molecular complexity index is 1220. The summed E-state index contributed by atoms with van der Waals surface area (Å²) in [6.45, 7) is 3.35. The molecule has 36 heavy (non-hydrogen) atoms. The molecule has 4 aromatic rings. The molecule has 2 heterocycles. The number of hydrogen-bond acceptors (Lipinski definition) is 5. The summed E-state index contributed by atoms with van der Waals surface area (Å²) in [6.07, 6.45) is 7.33. The van der Waals surface area contributed by atoms with E-state index in [1.807, 2.05) is 41.0 Å². The number of ether oxygens (including phenoxy) is 3. The first-order valence-corrected chi connectivity index (χ1v) is 13.3. The number of nitrogens with zero attached hydrogens (tertiary/aromatic N) is 2. The fourth-order valence-corrected chi connectivity index (χ4v) is 5.33. The number of benzene rings is 3. The number of aromatic nitrogens is 2. The second-order valence-corrected chi connectivity index (χ2v) is 10.3. The van der Waals surface area contributed by atoms with Crippen molar-refractivity contribution in [1.82, 2.24) is 9.55 Å². The molecule has 0 bridgehead atoms. The lowest BCUT2D eigenvalue weighted by molar-refractivity contribution is -0.180. The van der Waals surface area contributed by atoms with Crippen molar-refractivity contribution in [2.24, 2.45) is 0 Å². The van der Waals surface area contributed by atoms with Crippen molar-refractivity contribution in [3.63, 3.8) is 0 Å². The Morgan fingerprint density at radius 1 is 1.00 bits per heavy atom. The first-order valence-electron chi connectivity index (χ1n) is 12.3. The Hall–Kier alpha value is -3.06. The quantitative estimate of drug-likeness (QED) is 0.236. The van der Waals surface area contributed by atoms with Gasteiger partial charge >= 0.3 is 0 Å². The summed E-state index contributed by atoms with van der Waals surface area (Å²) in [5, 5.41) is 0. The van der Waals surface area contributed by atoms with E-state index in [0.717, 1.165) is 24.3 Å². The molecule has 1 aliphatic rings. The van der Waals surface area contributed by atoms with Gasteiger partial charge < -0.3 is 18.8 Å². The van der Waals surface area contributed by atoms with E-state index in [1.165, 1.54) is 27.1 Å². The van der Waals surface area contributed by atoms with Crippen LogP contribution in [0.5, 0.6) is 5.75 Å². The van der Waals surface area contributed by atoms with Crippen LogP contribution in [0.1, 0.15) is 17.5 Å². The molecule has 1 saturated heterocycles. The van der Waals surface area contributed by atoms with Gasteiger partial charge in [0.25, 0.3) is 0 Å². The lowest BCUT2D eigenvalue weighted by Gasteiger charge is -2.28. The van der Waals surface area contributed by atoms with Gasteiger partial charge in [-0.05, 0) is 54.3 Å². The van der Waals surface area contributed by atoms with Gasteiger partial charge in [0.1, 0.15) is 5.75 Å². The van der Waals surface area contributed by atoms with Gasteiger partial charge in [-0.3, -0.25) is 0 Å². The summed E-state index contributed by atoms with van der Waals surface area (Å²) >= 11 is 1.81. The van der Waals surface area contributed by atoms with Crippen LogP contribution in [0.2, 0.25) is 0 Å². The van der Waals surface area contributed by atoms with Crippen LogP contribution in [0.15, 0.2) is 96.4 Å². The van der Waals surface area contributed by atoms with Crippen LogP contribution in [-0.4, -0.2) is 40.9 Å². The van der Waals surface area contributed by atoms with Crippen LogP contribution in [-0.2, 0) is 22.4 Å². The third-order valence-corrected chi connectivity index (χ3v) is 7.67. The number of rotatable bonds is 10. The third kappa shape index (κ3) is 6.19. The summed E-state index contributed by atoms with van der Waals surface area (Å²) in [4.78, 5) is 5.42. The van der Waals surface area contributed by atoms with Gasteiger partial charge in [0.15, 0.2) is 5.79 Å². The SMILES string of the molecule is COc1ccc(-c2ccc(SCC3COC(CCc4ccc(C)cc4)(Cn4ccnc4)O3)cc2)cc1. The molecule has 3 aromatic carbocycles. The monoisotopic (exact) mass is 500 g/mol. The summed E-state index contributed by atoms with van der Waals surface area (Å²) in [6, 6.07) is 25.5. The number of hydrogen-bond donors (Lipinski definition) is 0. The molecule has 5 rings (SSSR count). The van der Waals surface area contributed by atoms with Gasteiger partial charge in [-0.25, -0.2) is 4.98 Å². The van der Waals surface area contributed by atoms with E-state index in [9.17, 15) is 0 Å². The third-order valence-electron chi connectivity index (χ3n) is 6.53. The molecule has 2 atom stereocenters. The van der Waals surface area contributed by atoms with Gasteiger partial charge in [-0.2, -0.15) is 0 Å². The number of imidazole rings is 1. The first kappa shape index (κ1) is 24.6. The highest BCUT2D eigenvalue weighted by atomic mass is 32.2. The van der Waals surface area contributed by atoms with E-state index in [2.05, 4.69) is 72.6 Å². The van der Waals surface area contributed by atoms with E-state index < -0.39 is 5.79 Å². The van der Waals surface area contributed by atoms with Gasteiger partial charge in [0.2, 0.25) is 0 Å². The predicted molar refractivity (Wildman–Crippen MR) is 144 cm³/mol. The highest BCUT2D eigenvalue weighted by Gasteiger charge is 2.41. The molecule has 5 nitrogen and oxygen atoms in total. The first-order chi connectivity index (χ1) is 17.6. The average Bonchev–Trinajstić information content (AvgIpc) is 3.58. The molecule has 0 amide bonds. The topological polar surface area (TPSA) is 45.5 Å². The molecule has 186 valence electrons. The van der Waals surface area contributed by atoms with Crippen molar-refractivity contribution in [3.8, 4) is 16.9 Å². The Balaban J connectivity index is 1.19. The molecule has 0 radical (unpaired) electrons. The van der Waals surface area contributed by atoms with E-state index >= 15 is 0 Å².